The lowest BCUT2D eigenvalue weighted by Crippen LogP contribution is -1.78. The molecule has 0 fully saturated rings. The standard InChI is InChI=1S/C24H14S2/c1-2-4-16-10-20-11-18(6-5-17(20)9-15(16)3-1)23-14-21-13-22-19(7-8-25-22)12-24(21)26-23/h1-14H. The number of benzene rings is 4. The molecule has 4 aromatic carbocycles. The van der Waals surface area contributed by atoms with Crippen molar-refractivity contribution < 1.29 is 0 Å². The summed E-state index contributed by atoms with van der Waals surface area (Å²) in [6, 6.07) is 29.2. The van der Waals surface area contributed by atoms with Gasteiger partial charge < -0.3 is 0 Å². The molecule has 0 aliphatic rings. The van der Waals surface area contributed by atoms with Gasteiger partial charge in [0.05, 0.1) is 0 Å². The zero-order chi connectivity index (χ0) is 17.1. The fraction of sp³-hybridized carbons (Fsp3) is 0. The van der Waals surface area contributed by atoms with Gasteiger partial charge in [-0.15, -0.1) is 22.7 Å². The van der Waals surface area contributed by atoms with E-state index in [0.29, 0.717) is 0 Å². The molecule has 0 saturated carbocycles. The molecule has 2 heteroatoms. The monoisotopic (exact) mass is 366 g/mol. The summed E-state index contributed by atoms with van der Waals surface area (Å²) in [5.41, 5.74) is 1.30. The number of hydrogen-bond donors (Lipinski definition) is 0. The Hall–Kier alpha value is -2.68. The third-order valence-corrected chi connectivity index (χ3v) is 7.11. The molecule has 0 aliphatic heterocycles. The molecule has 0 saturated heterocycles. The highest BCUT2D eigenvalue weighted by atomic mass is 32.1. The summed E-state index contributed by atoms with van der Waals surface area (Å²) in [5.74, 6) is 0. The molecule has 0 radical (unpaired) electrons. The predicted molar refractivity (Wildman–Crippen MR) is 118 cm³/mol. The van der Waals surface area contributed by atoms with Crippen LogP contribution in [0.2, 0.25) is 0 Å². The molecule has 0 N–H and O–H groups in total. The Morgan fingerprint density at radius 3 is 2.15 bits per heavy atom. The van der Waals surface area contributed by atoms with E-state index in [9.17, 15) is 0 Å². The quantitative estimate of drug-likeness (QED) is 0.258. The largest absolute Gasteiger partial charge is 0.144 e. The Morgan fingerprint density at radius 1 is 0.500 bits per heavy atom. The number of hydrogen-bond acceptors (Lipinski definition) is 2. The summed E-state index contributed by atoms with van der Waals surface area (Å²) in [6.07, 6.45) is 0. The van der Waals surface area contributed by atoms with E-state index in [1.54, 1.807) is 0 Å². The lowest BCUT2D eigenvalue weighted by atomic mass is 10.0. The predicted octanol–water partition coefficient (Wildman–Crippen LogP) is 8.09. The SMILES string of the molecule is c1ccc2cc3cc(-c4cc5cc6sccc6cc5s4)ccc3cc2c1. The third-order valence-electron chi connectivity index (χ3n) is 5.08. The second-order valence-corrected chi connectivity index (χ2v) is 8.75. The minimum atomic E-state index is 1.30. The molecule has 0 atom stereocenters. The lowest BCUT2D eigenvalue weighted by Gasteiger charge is -2.04. The van der Waals surface area contributed by atoms with Gasteiger partial charge in [0.15, 0.2) is 0 Å². The van der Waals surface area contributed by atoms with Gasteiger partial charge >= 0.3 is 0 Å². The van der Waals surface area contributed by atoms with Crippen molar-refractivity contribution in [1.29, 1.82) is 0 Å². The summed E-state index contributed by atoms with van der Waals surface area (Å²) < 4.78 is 2.73. The van der Waals surface area contributed by atoms with Crippen LogP contribution in [0, 0.1) is 0 Å². The van der Waals surface area contributed by atoms with E-state index in [-0.39, 0.29) is 0 Å². The van der Waals surface area contributed by atoms with Gasteiger partial charge in [0.25, 0.3) is 0 Å². The normalized spacial score (nSPS) is 11.8. The second kappa shape index (κ2) is 5.41. The van der Waals surface area contributed by atoms with Crippen LogP contribution in [0.4, 0.5) is 0 Å². The average molecular weight is 367 g/mol. The van der Waals surface area contributed by atoms with Gasteiger partial charge in [-0.1, -0.05) is 36.4 Å². The number of rotatable bonds is 1. The van der Waals surface area contributed by atoms with Crippen LogP contribution >= 0.6 is 22.7 Å². The highest BCUT2D eigenvalue weighted by Crippen LogP contribution is 2.38. The highest BCUT2D eigenvalue weighted by molar-refractivity contribution is 7.22. The van der Waals surface area contributed by atoms with E-state index in [1.807, 2.05) is 22.7 Å². The zero-order valence-electron chi connectivity index (χ0n) is 13.9. The van der Waals surface area contributed by atoms with Crippen molar-refractivity contribution >= 4 is 64.4 Å². The number of thiophene rings is 2. The van der Waals surface area contributed by atoms with Gasteiger partial charge in [-0.05, 0) is 85.7 Å². The van der Waals surface area contributed by atoms with Crippen LogP contribution in [-0.2, 0) is 0 Å². The molecule has 0 unspecified atom stereocenters. The first-order valence-corrected chi connectivity index (χ1v) is 10.4. The highest BCUT2D eigenvalue weighted by Gasteiger charge is 2.08. The molecule has 6 rings (SSSR count). The van der Waals surface area contributed by atoms with Crippen molar-refractivity contribution in [2.24, 2.45) is 0 Å². The maximum atomic E-state index is 2.33. The summed E-state index contributed by atoms with van der Waals surface area (Å²) >= 11 is 3.70. The Morgan fingerprint density at radius 2 is 1.27 bits per heavy atom. The van der Waals surface area contributed by atoms with Crippen molar-refractivity contribution in [3.63, 3.8) is 0 Å². The van der Waals surface area contributed by atoms with Crippen LogP contribution in [-0.4, -0.2) is 0 Å². The molecular formula is C24H14S2. The van der Waals surface area contributed by atoms with Crippen molar-refractivity contribution in [2.75, 3.05) is 0 Å². The van der Waals surface area contributed by atoms with Gasteiger partial charge in [-0.3, -0.25) is 0 Å². The summed E-state index contributed by atoms with van der Waals surface area (Å²) in [4.78, 5) is 1.34. The molecule has 26 heavy (non-hydrogen) atoms. The first-order chi connectivity index (χ1) is 12.8. The summed E-state index contributed by atoms with van der Waals surface area (Å²) in [6.45, 7) is 0. The Balaban J connectivity index is 1.55. The Kier molecular flexibility index (Phi) is 3.01. The third kappa shape index (κ3) is 2.20. The minimum Gasteiger partial charge on any atom is -0.144 e. The molecule has 2 heterocycles. The number of fused-ring (bicyclic) bond motifs is 4. The zero-order valence-corrected chi connectivity index (χ0v) is 15.5. The van der Waals surface area contributed by atoms with Crippen LogP contribution in [0.3, 0.4) is 0 Å². The van der Waals surface area contributed by atoms with Crippen LogP contribution < -0.4 is 0 Å². The molecule has 0 aliphatic carbocycles. The van der Waals surface area contributed by atoms with Gasteiger partial charge in [0.1, 0.15) is 0 Å². The minimum absolute atomic E-state index is 1.30. The maximum Gasteiger partial charge on any atom is 0.0356 e. The van der Waals surface area contributed by atoms with Crippen LogP contribution in [0.15, 0.2) is 84.2 Å². The van der Waals surface area contributed by atoms with Gasteiger partial charge in [0, 0.05) is 14.3 Å². The van der Waals surface area contributed by atoms with Crippen molar-refractivity contribution in [3.05, 3.63) is 84.2 Å². The average Bonchev–Trinajstić information content (AvgIpc) is 3.29. The molecular weight excluding hydrogens is 352 g/mol. The fourth-order valence-electron chi connectivity index (χ4n) is 3.73. The van der Waals surface area contributed by atoms with Crippen molar-refractivity contribution in [3.8, 4) is 10.4 Å². The van der Waals surface area contributed by atoms with E-state index in [2.05, 4.69) is 84.2 Å². The van der Waals surface area contributed by atoms with Crippen LogP contribution in [0.5, 0.6) is 0 Å². The van der Waals surface area contributed by atoms with E-state index in [1.165, 1.54) is 52.2 Å². The molecule has 2 aromatic heterocycles. The lowest BCUT2D eigenvalue weighted by molar-refractivity contribution is 1.75. The summed E-state index contributed by atoms with van der Waals surface area (Å²) in [7, 11) is 0. The van der Waals surface area contributed by atoms with Crippen molar-refractivity contribution in [2.45, 2.75) is 0 Å². The Bertz CT molecular complexity index is 1380. The molecule has 0 spiro atoms. The van der Waals surface area contributed by atoms with Crippen LogP contribution in [0.1, 0.15) is 0 Å². The topological polar surface area (TPSA) is 0 Å². The second-order valence-electron chi connectivity index (χ2n) is 6.72. The Labute approximate surface area is 158 Å². The van der Waals surface area contributed by atoms with E-state index < -0.39 is 0 Å². The maximum absolute atomic E-state index is 2.33. The van der Waals surface area contributed by atoms with Gasteiger partial charge in [0.2, 0.25) is 0 Å². The van der Waals surface area contributed by atoms with Crippen LogP contribution in [0.25, 0.3) is 52.2 Å². The first-order valence-electron chi connectivity index (χ1n) is 8.67. The van der Waals surface area contributed by atoms with Gasteiger partial charge in [-0.25, -0.2) is 0 Å². The molecule has 122 valence electrons. The molecule has 0 bridgehead atoms. The first kappa shape index (κ1) is 14.5. The van der Waals surface area contributed by atoms with Gasteiger partial charge in [-0.2, -0.15) is 0 Å². The summed E-state index contributed by atoms with van der Waals surface area (Å²) in [5, 5.41) is 10.1. The smallest absolute Gasteiger partial charge is 0.0356 e. The molecule has 0 amide bonds. The van der Waals surface area contributed by atoms with E-state index in [0.717, 1.165) is 0 Å². The van der Waals surface area contributed by atoms with E-state index in [4.69, 9.17) is 0 Å². The molecule has 6 aromatic rings. The van der Waals surface area contributed by atoms with Crippen molar-refractivity contribution in [1.82, 2.24) is 0 Å². The van der Waals surface area contributed by atoms with E-state index >= 15 is 0 Å². The molecule has 0 nitrogen and oxygen atoms in total. The fourth-order valence-corrected chi connectivity index (χ4v) is 5.64.